The maximum absolute atomic E-state index is 13.9. The van der Waals surface area contributed by atoms with E-state index in [9.17, 15) is 8.78 Å². The van der Waals surface area contributed by atoms with Crippen molar-refractivity contribution in [3.8, 4) is 0 Å². The molecule has 0 heterocycles. The first-order valence-electron chi connectivity index (χ1n) is 9.53. The molecule has 0 nitrogen and oxygen atoms in total. The van der Waals surface area contributed by atoms with E-state index in [1.54, 1.807) is 12.1 Å². The van der Waals surface area contributed by atoms with Crippen LogP contribution in [-0.4, -0.2) is 0 Å². The van der Waals surface area contributed by atoms with Crippen LogP contribution in [-0.2, 0) is 0 Å². The Balaban J connectivity index is 1.55. The third kappa shape index (κ3) is 2.85. The lowest BCUT2D eigenvalue weighted by atomic mass is 9.63. The summed E-state index contributed by atoms with van der Waals surface area (Å²) in [6.07, 6.45) is 9.39. The van der Waals surface area contributed by atoms with Crippen LogP contribution < -0.4 is 0 Å². The molecule has 0 aromatic heterocycles. The second-order valence-corrected chi connectivity index (χ2v) is 7.96. The van der Waals surface area contributed by atoms with Crippen molar-refractivity contribution in [3.63, 3.8) is 0 Å². The number of fused-ring (bicyclic) bond motifs is 2. The topological polar surface area (TPSA) is 0 Å². The number of halogens is 2. The average Bonchev–Trinajstić information content (AvgIpc) is 2.63. The van der Waals surface area contributed by atoms with Gasteiger partial charge in [0, 0.05) is 5.39 Å². The van der Waals surface area contributed by atoms with Gasteiger partial charge in [0.1, 0.15) is 0 Å². The molecule has 0 spiro atoms. The molecule has 2 aliphatic carbocycles. The molecule has 128 valence electrons. The minimum Gasteiger partial charge on any atom is -0.204 e. The quantitative estimate of drug-likeness (QED) is 0.567. The Morgan fingerprint density at radius 3 is 2.54 bits per heavy atom. The average molecular weight is 328 g/mol. The van der Waals surface area contributed by atoms with E-state index in [0.717, 1.165) is 23.1 Å². The lowest BCUT2D eigenvalue weighted by molar-refractivity contribution is 0.116. The molecule has 0 N–H and O–H groups in total. The van der Waals surface area contributed by atoms with E-state index in [0.29, 0.717) is 11.3 Å². The molecule has 0 saturated heterocycles. The van der Waals surface area contributed by atoms with Crippen LogP contribution in [0.4, 0.5) is 8.78 Å². The van der Waals surface area contributed by atoms with E-state index < -0.39 is 11.6 Å². The number of hydrogen-bond acceptors (Lipinski definition) is 0. The van der Waals surface area contributed by atoms with Gasteiger partial charge in [0.25, 0.3) is 0 Å². The zero-order valence-corrected chi connectivity index (χ0v) is 14.4. The van der Waals surface area contributed by atoms with Crippen molar-refractivity contribution < 1.29 is 8.78 Å². The maximum Gasteiger partial charge on any atom is 0.166 e. The second-order valence-electron chi connectivity index (χ2n) is 7.96. The molecular weight excluding hydrogens is 302 g/mol. The van der Waals surface area contributed by atoms with Crippen LogP contribution in [0.15, 0.2) is 30.3 Å². The van der Waals surface area contributed by atoms with E-state index in [2.05, 4.69) is 13.0 Å². The summed E-state index contributed by atoms with van der Waals surface area (Å²) in [5.41, 5.74) is 1.31. The number of benzene rings is 2. The molecule has 0 aliphatic heterocycles. The van der Waals surface area contributed by atoms with E-state index >= 15 is 0 Å². The SMILES string of the molecule is CC[C@@H]1CC[C@@H]2CC(c3ccc4c(F)c(F)ccc4c3)CCC2C1. The Morgan fingerprint density at radius 2 is 1.71 bits per heavy atom. The summed E-state index contributed by atoms with van der Waals surface area (Å²) >= 11 is 0. The zero-order chi connectivity index (χ0) is 16.7. The van der Waals surface area contributed by atoms with Gasteiger partial charge >= 0.3 is 0 Å². The Hall–Kier alpha value is -1.44. The highest BCUT2D eigenvalue weighted by molar-refractivity contribution is 5.84. The van der Waals surface area contributed by atoms with Crippen molar-refractivity contribution in [1.82, 2.24) is 0 Å². The fraction of sp³-hybridized carbons (Fsp3) is 0.545. The van der Waals surface area contributed by atoms with Crippen LogP contribution in [0.1, 0.15) is 63.4 Å². The van der Waals surface area contributed by atoms with Crippen molar-refractivity contribution in [3.05, 3.63) is 47.5 Å². The van der Waals surface area contributed by atoms with Gasteiger partial charge in [0.05, 0.1) is 0 Å². The largest absolute Gasteiger partial charge is 0.204 e. The van der Waals surface area contributed by atoms with Crippen molar-refractivity contribution >= 4 is 10.8 Å². The third-order valence-electron chi connectivity index (χ3n) is 6.70. The maximum atomic E-state index is 13.9. The second kappa shape index (κ2) is 6.46. The summed E-state index contributed by atoms with van der Waals surface area (Å²) in [6.45, 7) is 2.33. The smallest absolute Gasteiger partial charge is 0.166 e. The monoisotopic (exact) mass is 328 g/mol. The zero-order valence-electron chi connectivity index (χ0n) is 14.4. The highest BCUT2D eigenvalue weighted by Crippen LogP contribution is 2.48. The molecule has 2 heteroatoms. The Labute approximate surface area is 143 Å². The first kappa shape index (κ1) is 16.1. The lowest BCUT2D eigenvalue weighted by Gasteiger charge is -2.42. The minimum atomic E-state index is -0.761. The molecule has 4 atom stereocenters. The Kier molecular flexibility index (Phi) is 4.32. The van der Waals surface area contributed by atoms with E-state index in [-0.39, 0.29) is 0 Å². The molecular formula is C22H26F2. The van der Waals surface area contributed by atoms with E-state index in [4.69, 9.17) is 0 Å². The standard InChI is InChI=1S/C22H26F2/c1-2-14-3-4-16-12-17(6-5-15(16)11-14)18-7-9-20-19(13-18)8-10-21(23)22(20)24/h7-10,13-17H,2-6,11-12H2,1H3/t14-,15?,16-,17?/m1/s1. The van der Waals surface area contributed by atoms with Crippen LogP contribution in [0.5, 0.6) is 0 Å². The summed E-state index contributed by atoms with van der Waals surface area (Å²) in [4.78, 5) is 0. The third-order valence-corrected chi connectivity index (χ3v) is 6.70. The highest BCUT2D eigenvalue weighted by Gasteiger charge is 2.35. The van der Waals surface area contributed by atoms with Crippen molar-refractivity contribution in [2.24, 2.45) is 17.8 Å². The van der Waals surface area contributed by atoms with Crippen molar-refractivity contribution in [2.45, 2.75) is 57.8 Å². The Bertz CT molecular complexity index is 736. The van der Waals surface area contributed by atoms with Gasteiger partial charge in [0.2, 0.25) is 0 Å². The molecule has 0 radical (unpaired) electrons. The van der Waals surface area contributed by atoms with Crippen molar-refractivity contribution in [1.29, 1.82) is 0 Å². The normalized spacial score (nSPS) is 30.3. The van der Waals surface area contributed by atoms with Gasteiger partial charge in [0.15, 0.2) is 11.6 Å². The number of hydrogen-bond donors (Lipinski definition) is 0. The molecule has 0 amide bonds. The molecule has 2 unspecified atom stereocenters. The first-order valence-corrected chi connectivity index (χ1v) is 9.53. The van der Waals surface area contributed by atoms with Crippen LogP contribution in [0.3, 0.4) is 0 Å². The molecule has 2 aromatic carbocycles. The van der Waals surface area contributed by atoms with Gasteiger partial charge in [-0.1, -0.05) is 44.0 Å². The molecule has 2 saturated carbocycles. The molecule has 2 fully saturated rings. The predicted octanol–water partition coefficient (Wildman–Crippen LogP) is 6.83. The van der Waals surface area contributed by atoms with Gasteiger partial charge in [-0.3, -0.25) is 0 Å². The first-order chi connectivity index (χ1) is 11.7. The van der Waals surface area contributed by atoms with Gasteiger partial charge < -0.3 is 0 Å². The minimum absolute atomic E-state index is 0.399. The van der Waals surface area contributed by atoms with Gasteiger partial charge in [-0.15, -0.1) is 0 Å². The van der Waals surface area contributed by atoms with Crippen LogP contribution in [0, 0.1) is 29.4 Å². The fourth-order valence-electron chi connectivity index (χ4n) is 5.20. The lowest BCUT2D eigenvalue weighted by Crippen LogP contribution is -2.30. The van der Waals surface area contributed by atoms with Gasteiger partial charge in [-0.05, 0) is 72.8 Å². The van der Waals surface area contributed by atoms with Crippen LogP contribution >= 0.6 is 0 Å². The summed E-state index contributed by atoms with van der Waals surface area (Å²) in [6, 6.07) is 8.82. The molecule has 0 bridgehead atoms. The van der Waals surface area contributed by atoms with Gasteiger partial charge in [-0.25, -0.2) is 8.78 Å². The molecule has 2 aromatic rings. The van der Waals surface area contributed by atoms with Crippen LogP contribution in [0.25, 0.3) is 10.8 Å². The van der Waals surface area contributed by atoms with Crippen LogP contribution in [0.2, 0.25) is 0 Å². The van der Waals surface area contributed by atoms with E-state index in [1.165, 1.54) is 56.6 Å². The molecule has 2 aliphatic rings. The van der Waals surface area contributed by atoms with Gasteiger partial charge in [-0.2, -0.15) is 0 Å². The Morgan fingerprint density at radius 1 is 0.917 bits per heavy atom. The summed E-state index contributed by atoms with van der Waals surface area (Å²) in [5, 5.41) is 1.22. The predicted molar refractivity (Wildman–Crippen MR) is 95.1 cm³/mol. The van der Waals surface area contributed by atoms with E-state index in [1.807, 2.05) is 6.07 Å². The summed E-state index contributed by atoms with van der Waals surface area (Å²) < 4.78 is 27.3. The summed E-state index contributed by atoms with van der Waals surface area (Å²) in [5.74, 6) is 1.84. The molecule has 4 rings (SSSR count). The van der Waals surface area contributed by atoms with Crippen molar-refractivity contribution in [2.75, 3.05) is 0 Å². The highest BCUT2D eigenvalue weighted by atomic mass is 19.2. The molecule has 24 heavy (non-hydrogen) atoms. The fourth-order valence-corrected chi connectivity index (χ4v) is 5.20. The number of rotatable bonds is 2. The summed E-state index contributed by atoms with van der Waals surface area (Å²) in [7, 11) is 0.